The highest BCUT2D eigenvalue weighted by Gasteiger charge is 2.45. The van der Waals surface area contributed by atoms with E-state index >= 15 is 0 Å². The van der Waals surface area contributed by atoms with E-state index in [0.29, 0.717) is 29.7 Å². The Morgan fingerprint density at radius 1 is 1.35 bits per heavy atom. The first-order valence-corrected chi connectivity index (χ1v) is 12.1. The predicted molar refractivity (Wildman–Crippen MR) is 133 cm³/mol. The Morgan fingerprint density at radius 3 is 2.73 bits per heavy atom. The lowest BCUT2D eigenvalue weighted by Gasteiger charge is -2.33. The first-order chi connectivity index (χ1) is 17.6. The monoisotopic (exact) mass is 507 g/mol. The molecule has 192 valence electrons. The van der Waals surface area contributed by atoms with Crippen LogP contribution in [-0.2, 0) is 10.2 Å². The number of carboxylic acids is 1. The molecular formula is C27H27F2N5O3. The van der Waals surface area contributed by atoms with Gasteiger partial charge in [-0.05, 0) is 49.8 Å². The summed E-state index contributed by atoms with van der Waals surface area (Å²) in [7, 11) is 1.40. The van der Waals surface area contributed by atoms with Gasteiger partial charge in [-0.15, -0.1) is 0 Å². The molecule has 8 nitrogen and oxygen atoms in total. The summed E-state index contributed by atoms with van der Waals surface area (Å²) in [6.07, 6.45) is 2.24. The first-order valence-electron chi connectivity index (χ1n) is 12.1. The SMILES string of the molecule is COc1cc(-n2c(C(C)(C)CC#N)c([C@H]3CC[C@](F)(C(=O)O)CC3)c3nc4[nH]ncc4cc32)ccc1F. The molecular weight excluding hydrogens is 480 g/mol. The van der Waals surface area contributed by atoms with Crippen molar-refractivity contribution >= 4 is 28.0 Å². The number of hydrogen-bond donors (Lipinski definition) is 2. The zero-order valence-corrected chi connectivity index (χ0v) is 20.8. The van der Waals surface area contributed by atoms with Crippen LogP contribution >= 0.6 is 0 Å². The molecule has 5 rings (SSSR count). The molecule has 4 aromatic rings. The maximum Gasteiger partial charge on any atom is 0.341 e. The van der Waals surface area contributed by atoms with Gasteiger partial charge in [-0.2, -0.15) is 10.4 Å². The average Bonchev–Trinajstić information content (AvgIpc) is 3.45. The van der Waals surface area contributed by atoms with Gasteiger partial charge >= 0.3 is 5.97 Å². The highest BCUT2D eigenvalue weighted by Crippen LogP contribution is 2.48. The number of carboxylic acid groups (broad SMARTS) is 1. The minimum atomic E-state index is -2.26. The van der Waals surface area contributed by atoms with Crippen LogP contribution in [0.1, 0.15) is 63.1 Å². The number of alkyl halides is 1. The predicted octanol–water partition coefficient (Wildman–Crippen LogP) is 5.69. The normalized spacial score (nSPS) is 20.3. The minimum Gasteiger partial charge on any atom is -0.494 e. The van der Waals surface area contributed by atoms with Crippen molar-refractivity contribution in [3.8, 4) is 17.5 Å². The Hall–Kier alpha value is -4.00. The van der Waals surface area contributed by atoms with Gasteiger partial charge in [0.05, 0.1) is 30.4 Å². The summed E-state index contributed by atoms with van der Waals surface area (Å²) in [5.41, 5.74) is 1.32. The van der Waals surface area contributed by atoms with Crippen LogP contribution in [0.4, 0.5) is 8.78 Å². The molecule has 37 heavy (non-hydrogen) atoms. The fourth-order valence-electron chi connectivity index (χ4n) is 5.56. The van der Waals surface area contributed by atoms with E-state index in [2.05, 4.69) is 16.3 Å². The van der Waals surface area contributed by atoms with Crippen molar-refractivity contribution in [2.75, 3.05) is 7.11 Å². The van der Waals surface area contributed by atoms with E-state index in [-0.39, 0.29) is 30.9 Å². The van der Waals surface area contributed by atoms with Gasteiger partial charge in [0.15, 0.2) is 17.2 Å². The van der Waals surface area contributed by atoms with Gasteiger partial charge < -0.3 is 14.4 Å². The fraction of sp³-hybridized carbons (Fsp3) is 0.407. The molecule has 10 heteroatoms. The molecule has 1 aromatic carbocycles. The van der Waals surface area contributed by atoms with Gasteiger partial charge in [0.1, 0.15) is 0 Å². The number of aliphatic carboxylic acids is 1. The summed E-state index contributed by atoms with van der Waals surface area (Å²) in [5.74, 6) is -2.05. The molecule has 0 radical (unpaired) electrons. The summed E-state index contributed by atoms with van der Waals surface area (Å²) in [6.45, 7) is 3.91. The third-order valence-electron chi connectivity index (χ3n) is 7.51. The Morgan fingerprint density at radius 2 is 2.08 bits per heavy atom. The van der Waals surface area contributed by atoms with E-state index in [1.807, 2.05) is 24.5 Å². The number of halogens is 2. The smallest absolute Gasteiger partial charge is 0.341 e. The van der Waals surface area contributed by atoms with E-state index in [4.69, 9.17) is 9.72 Å². The molecule has 0 amide bonds. The van der Waals surface area contributed by atoms with Crippen LogP contribution < -0.4 is 4.74 Å². The molecule has 0 aliphatic heterocycles. The van der Waals surface area contributed by atoms with Gasteiger partial charge in [0, 0.05) is 40.2 Å². The Bertz CT molecular complexity index is 1560. The summed E-state index contributed by atoms with van der Waals surface area (Å²) in [6, 6.07) is 8.78. The molecule has 1 aliphatic carbocycles. The van der Waals surface area contributed by atoms with E-state index in [1.165, 1.54) is 13.2 Å². The van der Waals surface area contributed by atoms with E-state index in [1.54, 1.807) is 18.3 Å². The Balaban J connectivity index is 1.83. The summed E-state index contributed by atoms with van der Waals surface area (Å²) in [4.78, 5) is 16.4. The molecule has 1 saturated carbocycles. The topological polar surface area (TPSA) is 117 Å². The number of fused-ring (bicyclic) bond motifs is 2. The molecule has 3 aromatic heterocycles. The van der Waals surface area contributed by atoms with Gasteiger partial charge in [0.25, 0.3) is 0 Å². The van der Waals surface area contributed by atoms with Gasteiger partial charge in [-0.3, -0.25) is 5.10 Å². The van der Waals surface area contributed by atoms with Gasteiger partial charge in [0.2, 0.25) is 5.67 Å². The lowest BCUT2D eigenvalue weighted by molar-refractivity contribution is -0.153. The number of aromatic amines is 1. The molecule has 3 heterocycles. The molecule has 0 saturated heterocycles. The largest absolute Gasteiger partial charge is 0.494 e. The Kier molecular flexibility index (Phi) is 5.89. The molecule has 0 bridgehead atoms. The Labute approximate surface area is 211 Å². The number of nitriles is 1. The van der Waals surface area contributed by atoms with Crippen molar-refractivity contribution < 1.29 is 23.4 Å². The van der Waals surface area contributed by atoms with Crippen molar-refractivity contribution in [1.82, 2.24) is 19.7 Å². The van der Waals surface area contributed by atoms with Crippen molar-refractivity contribution in [3.05, 3.63) is 47.5 Å². The van der Waals surface area contributed by atoms with Gasteiger partial charge in [-0.1, -0.05) is 13.8 Å². The van der Waals surface area contributed by atoms with Crippen LogP contribution in [0.25, 0.3) is 27.8 Å². The minimum absolute atomic E-state index is 0.0728. The number of ether oxygens (including phenoxy) is 1. The number of hydrogen-bond acceptors (Lipinski definition) is 5. The second-order valence-corrected chi connectivity index (χ2v) is 10.3. The number of nitrogens with zero attached hydrogens (tertiary/aromatic N) is 4. The number of rotatable bonds is 6. The van der Waals surface area contributed by atoms with Crippen LogP contribution in [-0.4, -0.2) is 43.6 Å². The quantitative estimate of drug-likeness (QED) is 0.346. The zero-order valence-electron chi connectivity index (χ0n) is 20.8. The summed E-state index contributed by atoms with van der Waals surface area (Å²) >= 11 is 0. The number of aromatic nitrogens is 4. The molecule has 0 unspecified atom stereocenters. The number of H-pyrrole nitrogens is 1. The molecule has 0 atom stereocenters. The van der Waals surface area contributed by atoms with Crippen LogP contribution in [0.3, 0.4) is 0 Å². The molecule has 2 N–H and O–H groups in total. The van der Waals surface area contributed by atoms with Crippen LogP contribution in [0, 0.1) is 17.1 Å². The maximum absolute atomic E-state index is 15.0. The van der Waals surface area contributed by atoms with E-state index in [0.717, 1.165) is 22.2 Å². The van der Waals surface area contributed by atoms with Crippen molar-refractivity contribution in [1.29, 1.82) is 5.26 Å². The van der Waals surface area contributed by atoms with Gasteiger partial charge in [-0.25, -0.2) is 18.6 Å². The van der Waals surface area contributed by atoms with Crippen LogP contribution in [0.15, 0.2) is 30.5 Å². The van der Waals surface area contributed by atoms with Crippen LogP contribution in [0.5, 0.6) is 5.75 Å². The molecule has 1 fully saturated rings. The van der Waals surface area contributed by atoms with E-state index < -0.39 is 22.9 Å². The maximum atomic E-state index is 15.0. The number of carbonyl (C=O) groups is 1. The average molecular weight is 508 g/mol. The standard InChI is InChI=1S/C27H27F2N5O3/c1-26(2,10-11-30)23-21(15-6-8-27(29,9-7-15)25(35)36)22-19(12-16-14-31-33-24(16)32-22)34(23)17-4-5-18(28)20(13-17)37-3/h4-5,12-15H,6-10H2,1-3H3,(H,35,36)(H,31,32,33)/t15-,27+. The lowest BCUT2D eigenvalue weighted by Crippen LogP contribution is -2.37. The highest BCUT2D eigenvalue weighted by molar-refractivity contribution is 5.94. The highest BCUT2D eigenvalue weighted by atomic mass is 19.1. The second-order valence-electron chi connectivity index (χ2n) is 10.3. The summed E-state index contributed by atoms with van der Waals surface area (Å²) < 4.78 is 36.6. The number of benzene rings is 1. The number of methoxy groups -OCH3 is 1. The van der Waals surface area contributed by atoms with E-state index in [9.17, 15) is 23.9 Å². The summed E-state index contributed by atoms with van der Waals surface area (Å²) in [5, 5.41) is 26.9. The number of nitrogens with one attached hydrogen (secondary N) is 1. The van der Waals surface area contributed by atoms with Crippen molar-refractivity contribution in [3.63, 3.8) is 0 Å². The third-order valence-corrected chi connectivity index (χ3v) is 7.51. The zero-order chi connectivity index (χ0) is 26.5. The second kappa shape index (κ2) is 8.83. The lowest BCUT2D eigenvalue weighted by atomic mass is 9.73. The van der Waals surface area contributed by atoms with Crippen molar-refractivity contribution in [2.45, 2.75) is 63.0 Å². The molecule has 0 spiro atoms. The number of pyridine rings is 1. The molecule has 1 aliphatic rings. The first kappa shape index (κ1) is 24.7. The fourth-order valence-corrected chi connectivity index (χ4v) is 5.56. The third kappa shape index (κ3) is 3.99. The van der Waals surface area contributed by atoms with Crippen molar-refractivity contribution in [2.24, 2.45) is 0 Å². The van der Waals surface area contributed by atoms with Crippen LogP contribution in [0.2, 0.25) is 0 Å².